The van der Waals surface area contributed by atoms with Crippen molar-refractivity contribution in [2.24, 2.45) is 0 Å². The molecule has 0 atom stereocenters. The highest BCUT2D eigenvalue weighted by atomic mass is 35.5. The second-order valence-electron chi connectivity index (χ2n) is 6.65. The molecule has 0 spiro atoms. The largest absolute Gasteiger partial charge is 0.334 e. The summed E-state index contributed by atoms with van der Waals surface area (Å²) in [5.41, 5.74) is 1.79. The zero-order chi connectivity index (χ0) is 19.0. The molecule has 0 aliphatic heterocycles. The fraction of sp³-hybridized carbons (Fsp3) is 0.263. The number of aryl methyl sites for hydroxylation is 1. The molecule has 1 aliphatic carbocycles. The highest BCUT2D eigenvalue weighted by molar-refractivity contribution is 6.33. The fourth-order valence-corrected chi connectivity index (χ4v) is 2.99. The Morgan fingerprint density at radius 3 is 2.89 bits per heavy atom. The van der Waals surface area contributed by atoms with Gasteiger partial charge in [0.15, 0.2) is 5.82 Å². The first-order valence-corrected chi connectivity index (χ1v) is 8.98. The summed E-state index contributed by atoms with van der Waals surface area (Å²) in [6, 6.07) is 8.32. The van der Waals surface area contributed by atoms with E-state index in [4.69, 9.17) is 16.1 Å². The van der Waals surface area contributed by atoms with Gasteiger partial charge in [0.25, 0.3) is 11.4 Å². The van der Waals surface area contributed by atoms with E-state index in [1.165, 1.54) is 10.6 Å². The number of amides is 1. The Morgan fingerprint density at radius 2 is 2.15 bits per heavy atom. The first kappa shape index (κ1) is 17.5. The summed E-state index contributed by atoms with van der Waals surface area (Å²) in [6.07, 6.45) is 3.68. The fourth-order valence-electron chi connectivity index (χ4n) is 2.71. The Balaban J connectivity index is 1.52. The zero-order valence-electron chi connectivity index (χ0n) is 14.6. The Labute approximate surface area is 160 Å². The topological polar surface area (TPSA) is 90.0 Å². The third-order valence-corrected chi connectivity index (χ3v) is 4.64. The number of pyridine rings is 1. The van der Waals surface area contributed by atoms with Crippen molar-refractivity contribution in [3.8, 4) is 11.5 Å². The van der Waals surface area contributed by atoms with Gasteiger partial charge in [0.2, 0.25) is 5.91 Å². The van der Waals surface area contributed by atoms with E-state index in [1.54, 1.807) is 24.4 Å². The van der Waals surface area contributed by atoms with Crippen LogP contribution in [0.25, 0.3) is 11.5 Å². The van der Waals surface area contributed by atoms with E-state index in [0.717, 1.165) is 18.4 Å². The summed E-state index contributed by atoms with van der Waals surface area (Å²) < 4.78 is 6.58. The van der Waals surface area contributed by atoms with Crippen LogP contribution in [0.3, 0.4) is 0 Å². The number of carbonyl (C=O) groups is 1. The van der Waals surface area contributed by atoms with Crippen LogP contribution >= 0.6 is 11.6 Å². The van der Waals surface area contributed by atoms with Crippen molar-refractivity contribution in [2.75, 3.05) is 5.32 Å². The van der Waals surface area contributed by atoms with Crippen molar-refractivity contribution >= 4 is 23.2 Å². The van der Waals surface area contributed by atoms with Crippen molar-refractivity contribution < 1.29 is 9.32 Å². The molecule has 0 unspecified atom stereocenters. The molecule has 2 aromatic heterocycles. The summed E-state index contributed by atoms with van der Waals surface area (Å²) in [5.74, 6) is 1.05. The second-order valence-corrected chi connectivity index (χ2v) is 7.05. The molecule has 7 nitrogen and oxygen atoms in total. The summed E-state index contributed by atoms with van der Waals surface area (Å²) >= 11 is 6.14. The molecule has 2 heterocycles. The number of rotatable bonds is 5. The summed E-state index contributed by atoms with van der Waals surface area (Å²) in [6.45, 7) is 1.76. The smallest absolute Gasteiger partial charge is 0.259 e. The van der Waals surface area contributed by atoms with Gasteiger partial charge in [-0.15, -0.1) is 0 Å². The maximum atomic E-state index is 12.3. The van der Waals surface area contributed by atoms with Gasteiger partial charge < -0.3 is 14.4 Å². The van der Waals surface area contributed by atoms with E-state index in [9.17, 15) is 9.59 Å². The van der Waals surface area contributed by atoms with Gasteiger partial charge >= 0.3 is 0 Å². The minimum Gasteiger partial charge on any atom is -0.334 e. The van der Waals surface area contributed by atoms with Crippen LogP contribution in [0.4, 0.5) is 5.69 Å². The van der Waals surface area contributed by atoms with E-state index in [2.05, 4.69) is 15.5 Å². The minimum atomic E-state index is -0.357. The van der Waals surface area contributed by atoms with Gasteiger partial charge in [-0.1, -0.05) is 22.8 Å². The first-order valence-electron chi connectivity index (χ1n) is 8.60. The normalized spacial score (nSPS) is 13.6. The van der Waals surface area contributed by atoms with Crippen LogP contribution in [0.15, 0.2) is 45.8 Å². The minimum absolute atomic E-state index is 0.152. The van der Waals surface area contributed by atoms with Crippen LogP contribution in [0.2, 0.25) is 5.02 Å². The molecule has 1 saturated carbocycles. The molecule has 1 aliphatic rings. The highest BCUT2D eigenvalue weighted by Crippen LogP contribution is 2.38. The van der Waals surface area contributed by atoms with Crippen LogP contribution in [0.1, 0.15) is 30.1 Å². The summed E-state index contributed by atoms with van der Waals surface area (Å²) in [4.78, 5) is 28.8. The lowest BCUT2D eigenvalue weighted by Crippen LogP contribution is -2.27. The van der Waals surface area contributed by atoms with Gasteiger partial charge in [-0.3, -0.25) is 9.59 Å². The third-order valence-electron chi connectivity index (χ3n) is 4.33. The standard InChI is InChI=1S/C19H17ClN4O3/c1-11-2-6-15(14(20)8-11)21-16(25)10-24-9-13(5-7-17(24)26)19-22-18(23-27-19)12-3-4-12/h2,5-9,12H,3-4,10H2,1H3,(H,21,25). The van der Waals surface area contributed by atoms with Gasteiger partial charge in [0.1, 0.15) is 6.54 Å². The number of nitrogens with one attached hydrogen (secondary N) is 1. The Bertz CT molecular complexity index is 1070. The molecular formula is C19H17ClN4O3. The monoisotopic (exact) mass is 384 g/mol. The van der Waals surface area contributed by atoms with Crippen molar-refractivity contribution in [3.05, 3.63) is 63.3 Å². The number of carbonyl (C=O) groups excluding carboxylic acids is 1. The van der Waals surface area contributed by atoms with Crippen molar-refractivity contribution in [2.45, 2.75) is 32.2 Å². The van der Waals surface area contributed by atoms with Crippen LogP contribution < -0.4 is 10.9 Å². The Morgan fingerprint density at radius 1 is 1.33 bits per heavy atom. The van der Waals surface area contributed by atoms with E-state index in [-0.39, 0.29) is 18.0 Å². The number of benzene rings is 1. The maximum Gasteiger partial charge on any atom is 0.259 e. The SMILES string of the molecule is Cc1ccc(NC(=O)Cn2cc(-c3nc(C4CC4)no3)ccc2=O)c(Cl)c1. The van der Waals surface area contributed by atoms with Crippen molar-refractivity contribution in [1.82, 2.24) is 14.7 Å². The van der Waals surface area contributed by atoms with E-state index in [0.29, 0.717) is 33.9 Å². The van der Waals surface area contributed by atoms with Crippen LogP contribution in [-0.2, 0) is 11.3 Å². The van der Waals surface area contributed by atoms with E-state index in [1.807, 2.05) is 13.0 Å². The molecule has 1 aromatic carbocycles. The number of nitrogens with zero attached hydrogens (tertiary/aromatic N) is 3. The number of hydrogen-bond donors (Lipinski definition) is 1. The molecule has 1 fully saturated rings. The molecule has 8 heteroatoms. The average molecular weight is 385 g/mol. The molecule has 138 valence electrons. The van der Waals surface area contributed by atoms with Crippen LogP contribution in [-0.4, -0.2) is 20.6 Å². The van der Waals surface area contributed by atoms with Gasteiger partial charge in [0, 0.05) is 18.2 Å². The molecule has 0 bridgehead atoms. The highest BCUT2D eigenvalue weighted by Gasteiger charge is 2.29. The van der Waals surface area contributed by atoms with Crippen molar-refractivity contribution in [3.63, 3.8) is 0 Å². The van der Waals surface area contributed by atoms with Gasteiger partial charge in [-0.25, -0.2) is 0 Å². The predicted molar refractivity (Wildman–Crippen MR) is 101 cm³/mol. The quantitative estimate of drug-likeness (QED) is 0.728. The summed E-state index contributed by atoms with van der Waals surface area (Å²) in [7, 11) is 0. The predicted octanol–water partition coefficient (Wildman–Crippen LogP) is 3.38. The molecule has 4 rings (SSSR count). The van der Waals surface area contributed by atoms with Crippen LogP contribution in [0, 0.1) is 6.92 Å². The van der Waals surface area contributed by atoms with Gasteiger partial charge in [-0.05, 0) is 43.5 Å². The number of halogens is 1. The second kappa shape index (κ2) is 7.00. The lowest BCUT2D eigenvalue weighted by molar-refractivity contribution is -0.116. The number of aromatic nitrogens is 3. The molecule has 0 radical (unpaired) electrons. The molecular weight excluding hydrogens is 368 g/mol. The molecule has 27 heavy (non-hydrogen) atoms. The molecule has 1 N–H and O–H groups in total. The van der Waals surface area contributed by atoms with E-state index >= 15 is 0 Å². The van der Waals surface area contributed by atoms with E-state index < -0.39 is 0 Å². The lowest BCUT2D eigenvalue weighted by Gasteiger charge is -2.10. The maximum absolute atomic E-state index is 12.3. The first-order chi connectivity index (χ1) is 13.0. The van der Waals surface area contributed by atoms with Crippen LogP contribution in [0.5, 0.6) is 0 Å². The Kier molecular flexibility index (Phi) is 4.53. The average Bonchev–Trinajstić information content (AvgIpc) is 3.36. The summed E-state index contributed by atoms with van der Waals surface area (Å²) in [5, 5.41) is 7.14. The van der Waals surface area contributed by atoms with Crippen molar-refractivity contribution in [1.29, 1.82) is 0 Å². The number of hydrogen-bond acceptors (Lipinski definition) is 5. The number of anilines is 1. The van der Waals surface area contributed by atoms with Gasteiger partial charge in [-0.2, -0.15) is 4.98 Å². The molecule has 1 amide bonds. The van der Waals surface area contributed by atoms with Gasteiger partial charge in [0.05, 0.1) is 16.3 Å². The molecule has 0 saturated heterocycles. The zero-order valence-corrected chi connectivity index (χ0v) is 15.4. The molecule has 3 aromatic rings. The Hall–Kier alpha value is -2.93. The lowest BCUT2D eigenvalue weighted by atomic mass is 10.2. The third kappa shape index (κ3) is 3.93.